The zero-order valence-corrected chi connectivity index (χ0v) is 16.5. The van der Waals surface area contributed by atoms with E-state index in [1.54, 1.807) is 18.3 Å². The summed E-state index contributed by atoms with van der Waals surface area (Å²) >= 11 is 6.21. The Kier molecular flexibility index (Phi) is 4.33. The minimum Gasteiger partial charge on any atom is -0.481 e. The maximum atomic E-state index is 11.9. The van der Waals surface area contributed by atoms with Crippen molar-refractivity contribution in [2.24, 2.45) is 0 Å². The van der Waals surface area contributed by atoms with Gasteiger partial charge in [0.2, 0.25) is 0 Å². The van der Waals surface area contributed by atoms with Crippen LogP contribution in [0.15, 0.2) is 71.3 Å². The van der Waals surface area contributed by atoms with Gasteiger partial charge in [-0.05, 0) is 35.9 Å². The van der Waals surface area contributed by atoms with Crippen molar-refractivity contribution in [1.29, 1.82) is 0 Å². The summed E-state index contributed by atoms with van der Waals surface area (Å²) in [5.74, 6) is -2.01. The zero-order valence-electron chi connectivity index (χ0n) is 15.7. The number of aromatic nitrogens is 1. The van der Waals surface area contributed by atoms with E-state index in [-0.39, 0.29) is 6.42 Å². The molecule has 2 aromatic heterocycles. The lowest BCUT2D eigenvalue weighted by Crippen LogP contribution is -2.11. The van der Waals surface area contributed by atoms with Crippen molar-refractivity contribution < 1.29 is 19.1 Å². The normalized spacial score (nSPS) is 12.6. The van der Waals surface area contributed by atoms with Crippen LogP contribution in [0.3, 0.4) is 0 Å². The molecule has 0 aliphatic heterocycles. The van der Waals surface area contributed by atoms with Crippen LogP contribution in [0.1, 0.15) is 17.9 Å². The van der Waals surface area contributed by atoms with E-state index in [0.717, 1.165) is 27.6 Å². The number of aliphatic carboxylic acids is 1. The van der Waals surface area contributed by atoms with Gasteiger partial charge in [-0.3, -0.25) is 4.79 Å². The predicted molar refractivity (Wildman–Crippen MR) is 117 cm³/mol. The summed E-state index contributed by atoms with van der Waals surface area (Å²) in [5, 5.41) is 12.9. The molecule has 5 rings (SSSR count). The SMILES string of the molecule is O=CCC(C(=O)O)c1cn(-c2cccc3c2oc2ccccc23)c2ccc(Cl)cc12. The number of fused-ring (bicyclic) bond motifs is 4. The highest BCUT2D eigenvalue weighted by atomic mass is 35.5. The first-order valence-electron chi connectivity index (χ1n) is 9.46. The number of benzene rings is 3. The van der Waals surface area contributed by atoms with E-state index in [2.05, 4.69) is 0 Å². The smallest absolute Gasteiger partial charge is 0.311 e. The minimum absolute atomic E-state index is 0.115. The number of nitrogens with zero attached hydrogens (tertiary/aromatic N) is 1. The van der Waals surface area contributed by atoms with E-state index in [1.165, 1.54) is 0 Å². The van der Waals surface area contributed by atoms with Gasteiger partial charge in [0.25, 0.3) is 0 Å². The quantitative estimate of drug-likeness (QED) is 0.359. The van der Waals surface area contributed by atoms with Crippen LogP contribution in [0, 0.1) is 0 Å². The Bertz CT molecular complexity index is 1450. The van der Waals surface area contributed by atoms with Crippen molar-refractivity contribution in [2.45, 2.75) is 12.3 Å². The van der Waals surface area contributed by atoms with Crippen molar-refractivity contribution in [1.82, 2.24) is 4.57 Å². The maximum Gasteiger partial charge on any atom is 0.311 e. The molecule has 0 saturated heterocycles. The van der Waals surface area contributed by atoms with E-state index in [4.69, 9.17) is 16.0 Å². The van der Waals surface area contributed by atoms with Crippen LogP contribution in [-0.4, -0.2) is 21.9 Å². The highest BCUT2D eigenvalue weighted by Gasteiger charge is 2.25. The summed E-state index contributed by atoms with van der Waals surface area (Å²) in [6.07, 6.45) is 2.29. The number of carbonyl (C=O) groups excluding carboxylic acids is 1. The van der Waals surface area contributed by atoms with E-state index >= 15 is 0 Å². The molecule has 1 unspecified atom stereocenters. The third-order valence-corrected chi connectivity index (χ3v) is 5.68. The van der Waals surface area contributed by atoms with Gasteiger partial charge in [0.1, 0.15) is 11.9 Å². The van der Waals surface area contributed by atoms with E-state index in [1.807, 2.05) is 53.1 Å². The van der Waals surface area contributed by atoms with Gasteiger partial charge in [0.05, 0.1) is 17.1 Å². The molecule has 0 bridgehead atoms. The largest absolute Gasteiger partial charge is 0.481 e. The first kappa shape index (κ1) is 18.5. The number of carboxylic acid groups (broad SMARTS) is 1. The number of hydrogen-bond donors (Lipinski definition) is 1. The van der Waals surface area contributed by atoms with Crippen LogP contribution in [0.5, 0.6) is 0 Å². The van der Waals surface area contributed by atoms with Gasteiger partial charge in [-0.15, -0.1) is 0 Å². The molecular formula is C24H16ClNO4. The molecule has 5 aromatic rings. The Morgan fingerprint density at radius 2 is 1.87 bits per heavy atom. The standard InChI is InChI=1S/C24H16ClNO4/c25-14-8-9-20-18(12-14)19(17(10-11-27)24(28)29)13-26(20)21-6-3-5-16-15-4-1-2-7-22(15)30-23(16)21/h1-9,11-13,17H,10H2,(H,28,29). The number of hydrogen-bond acceptors (Lipinski definition) is 3. The molecule has 1 N–H and O–H groups in total. The van der Waals surface area contributed by atoms with Gasteiger partial charge >= 0.3 is 5.97 Å². The lowest BCUT2D eigenvalue weighted by Gasteiger charge is -2.07. The molecule has 3 aromatic carbocycles. The number of rotatable bonds is 5. The fraction of sp³-hybridized carbons (Fsp3) is 0.0833. The molecule has 1 atom stereocenters. The Hall–Kier alpha value is -3.57. The zero-order chi connectivity index (χ0) is 20.8. The number of carbonyl (C=O) groups is 2. The highest BCUT2D eigenvalue weighted by Crippen LogP contribution is 2.37. The monoisotopic (exact) mass is 417 g/mol. The second-order valence-electron chi connectivity index (χ2n) is 7.16. The molecule has 0 aliphatic carbocycles. The summed E-state index contributed by atoms with van der Waals surface area (Å²) in [4.78, 5) is 23.0. The molecule has 0 saturated carbocycles. The number of halogens is 1. The summed E-state index contributed by atoms with van der Waals surface area (Å²) < 4.78 is 8.07. The molecule has 5 nitrogen and oxygen atoms in total. The molecule has 148 valence electrons. The number of aldehydes is 1. The van der Waals surface area contributed by atoms with Gasteiger partial charge in [0, 0.05) is 33.8 Å². The van der Waals surface area contributed by atoms with Gasteiger partial charge in [-0.1, -0.05) is 41.9 Å². The predicted octanol–water partition coefficient (Wildman–Crippen LogP) is 5.94. The third-order valence-electron chi connectivity index (χ3n) is 5.45. The fourth-order valence-electron chi connectivity index (χ4n) is 4.08. The maximum absolute atomic E-state index is 11.9. The molecule has 0 aliphatic rings. The van der Waals surface area contributed by atoms with Crippen LogP contribution < -0.4 is 0 Å². The molecule has 0 amide bonds. The van der Waals surface area contributed by atoms with Crippen LogP contribution in [0.25, 0.3) is 38.5 Å². The van der Waals surface area contributed by atoms with Gasteiger partial charge in [-0.2, -0.15) is 0 Å². The van der Waals surface area contributed by atoms with Crippen molar-refractivity contribution in [3.8, 4) is 5.69 Å². The van der Waals surface area contributed by atoms with Gasteiger partial charge < -0.3 is 18.9 Å². The van der Waals surface area contributed by atoms with Crippen LogP contribution in [0.4, 0.5) is 0 Å². The van der Waals surface area contributed by atoms with Crippen molar-refractivity contribution in [2.75, 3.05) is 0 Å². The van der Waals surface area contributed by atoms with Crippen molar-refractivity contribution in [3.05, 3.63) is 77.4 Å². The first-order chi connectivity index (χ1) is 14.6. The Labute approximate surface area is 176 Å². The lowest BCUT2D eigenvalue weighted by molar-refractivity contribution is -0.139. The summed E-state index contributed by atoms with van der Waals surface area (Å²) in [6, 6.07) is 19.0. The number of para-hydroxylation sites is 2. The van der Waals surface area contributed by atoms with E-state index in [9.17, 15) is 14.7 Å². The summed E-state index contributed by atoms with van der Waals surface area (Å²) in [6.45, 7) is 0. The van der Waals surface area contributed by atoms with Gasteiger partial charge in [-0.25, -0.2) is 0 Å². The van der Waals surface area contributed by atoms with Crippen molar-refractivity contribution in [3.63, 3.8) is 0 Å². The second kappa shape index (κ2) is 7.04. The Morgan fingerprint density at radius 1 is 1.07 bits per heavy atom. The van der Waals surface area contributed by atoms with E-state index < -0.39 is 11.9 Å². The summed E-state index contributed by atoms with van der Waals surface area (Å²) in [7, 11) is 0. The Morgan fingerprint density at radius 3 is 2.67 bits per heavy atom. The number of carboxylic acids is 1. The molecule has 0 fully saturated rings. The molecular weight excluding hydrogens is 402 g/mol. The average molecular weight is 418 g/mol. The molecule has 2 heterocycles. The Balaban J connectivity index is 1.84. The van der Waals surface area contributed by atoms with Crippen LogP contribution in [-0.2, 0) is 9.59 Å². The first-order valence-corrected chi connectivity index (χ1v) is 9.84. The van der Waals surface area contributed by atoms with Crippen LogP contribution >= 0.6 is 11.6 Å². The van der Waals surface area contributed by atoms with Gasteiger partial charge in [0.15, 0.2) is 5.58 Å². The second-order valence-corrected chi connectivity index (χ2v) is 7.60. The molecule has 6 heteroatoms. The van der Waals surface area contributed by atoms with Crippen molar-refractivity contribution >= 4 is 56.7 Å². The lowest BCUT2D eigenvalue weighted by atomic mass is 9.96. The minimum atomic E-state index is -1.05. The third kappa shape index (κ3) is 2.78. The summed E-state index contributed by atoms with van der Waals surface area (Å²) in [5.41, 5.74) is 3.61. The average Bonchev–Trinajstić information content (AvgIpc) is 3.30. The molecule has 0 spiro atoms. The topological polar surface area (TPSA) is 72.4 Å². The fourth-order valence-corrected chi connectivity index (χ4v) is 4.26. The molecule has 0 radical (unpaired) electrons. The number of furan rings is 1. The highest BCUT2D eigenvalue weighted by molar-refractivity contribution is 6.31. The molecule has 30 heavy (non-hydrogen) atoms. The van der Waals surface area contributed by atoms with Crippen LogP contribution in [0.2, 0.25) is 5.02 Å². The van der Waals surface area contributed by atoms with E-state index in [0.29, 0.717) is 27.8 Å².